The lowest BCUT2D eigenvalue weighted by molar-refractivity contribution is 0.941. The lowest BCUT2D eigenvalue weighted by Gasteiger charge is -2.13. The van der Waals surface area contributed by atoms with Gasteiger partial charge in [-0.25, -0.2) is 0 Å². The summed E-state index contributed by atoms with van der Waals surface area (Å²) >= 11 is 13.2. The van der Waals surface area contributed by atoms with Crippen molar-refractivity contribution in [2.45, 2.75) is 11.2 Å². The molecule has 0 aliphatic rings. The van der Waals surface area contributed by atoms with Crippen molar-refractivity contribution in [1.82, 2.24) is 0 Å². The molecule has 2 aromatic carbocycles. The minimum absolute atomic E-state index is 0.330. The van der Waals surface area contributed by atoms with E-state index in [0.717, 1.165) is 15.4 Å². The molecule has 0 fully saturated rings. The van der Waals surface area contributed by atoms with Gasteiger partial charge < -0.3 is 0 Å². The van der Waals surface area contributed by atoms with Crippen LogP contribution in [0.5, 0.6) is 0 Å². The molecule has 2 rings (SSSR count). The van der Waals surface area contributed by atoms with Gasteiger partial charge >= 0.3 is 0 Å². The Hall–Kier alpha value is 0.610. The molecule has 94 valence electrons. The summed E-state index contributed by atoms with van der Waals surface area (Å²) < 4.78 is 3.54. The molecule has 0 bridgehead atoms. The highest BCUT2D eigenvalue weighted by atomic mass is 127. The molecule has 2 aromatic rings. The first kappa shape index (κ1) is 15.0. The van der Waals surface area contributed by atoms with Crippen molar-refractivity contribution < 1.29 is 0 Å². The molecule has 0 radical (unpaired) electrons. The topological polar surface area (TPSA) is 0 Å². The Morgan fingerprint density at radius 1 is 1.00 bits per heavy atom. The van der Waals surface area contributed by atoms with Crippen LogP contribution in [0, 0.1) is 3.57 Å². The molecule has 0 amide bonds. The fraction of sp³-hybridized carbons (Fsp3) is 0.143. The van der Waals surface area contributed by atoms with Gasteiger partial charge in [-0.3, -0.25) is 0 Å². The Kier molecular flexibility index (Phi) is 5.72. The van der Waals surface area contributed by atoms with Crippen molar-refractivity contribution in [3.63, 3.8) is 0 Å². The van der Waals surface area contributed by atoms with Crippen LogP contribution in [-0.4, -0.2) is 0 Å². The Morgan fingerprint density at radius 3 is 2.44 bits per heavy atom. The Morgan fingerprint density at radius 2 is 1.72 bits per heavy atom. The van der Waals surface area contributed by atoms with E-state index in [1.165, 1.54) is 14.7 Å². The quantitative estimate of drug-likeness (QED) is 0.306. The normalized spacial score (nSPS) is 12.4. The predicted molar refractivity (Wildman–Crippen MR) is 96.4 cm³/mol. The maximum Gasteiger partial charge on any atom is 0.0446 e. The summed E-state index contributed by atoms with van der Waals surface area (Å²) in [5.74, 6) is 0. The number of hydrogen-bond acceptors (Lipinski definition) is 0. The fourth-order valence-corrected chi connectivity index (χ4v) is 4.45. The Bertz CT molecular complexity index is 554. The molecular formula is C14H10Br3I. The lowest BCUT2D eigenvalue weighted by Crippen LogP contribution is -1.98. The number of halogens is 4. The standard InChI is InChI=1S/C14H10Br3I/c15-10-3-1-2-9(6-10)7-13(17)12-8-11(16)4-5-14(12)18/h1-6,8,13H,7H2. The summed E-state index contributed by atoms with van der Waals surface area (Å²) in [6.45, 7) is 0. The van der Waals surface area contributed by atoms with Crippen molar-refractivity contribution in [2.24, 2.45) is 0 Å². The highest BCUT2D eigenvalue weighted by Gasteiger charge is 2.12. The summed E-state index contributed by atoms with van der Waals surface area (Å²) in [6.07, 6.45) is 0.978. The zero-order valence-electron chi connectivity index (χ0n) is 9.34. The molecule has 0 N–H and O–H groups in total. The largest absolute Gasteiger partial charge is 0.0835 e. The molecule has 0 saturated heterocycles. The van der Waals surface area contributed by atoms with Gasteiger partial charge in [-0.15, -0.1) is 0 Å². The van der Waals surface area contributed by atoms with Gasteiger partial charge in [-0.2, -0.15) is 0 Å². The first-order valence-electron chi connectivity index (χ1n) is 5.40. The molecule has 1 unspecified atom stereocenters. The van der Waals surface area contributed by atoms with Gasteiger partial charge in [-0.05, 0) is 70.5 Å². The van der Waals surface area contributed by atoms with Crippen LogP contribution in [0.3, 0.4) is 0 Å². The molecular weight excluding hydrogens is 535 g/mol. The van der Waals surface area contributed by atoms with Crippen molar-refractivity contribution in [1.29, 1.82) is 0 Å². The third-order valence-electron chi connectivity index (χ3n) is 2.60. The van der Waals surface area contributed by atoms with E-state index < -0.39 is 0 Å². The first-order valence-corrected chi connectivity index (χ1v) is 8.98. The van der Waals surface area contributed by atoms with Gasteiger partial charge in [0.1, 0.15) is 0 Å². The molecule has 0 heterocycles. The van der Waals surface area contributed by atoms with E-state index in [1.807, 2.05) is 0 Å². The molecule has 0 aromatic heterocycles. The Labute approximate surface area is 146 Å². The monoisotopic (exact) mass is 542 g/mol. The van der Waals surface area contributed by atoms with Crippen molar-refractivity contribution >= 4 is 70.4 Å². The molecule has 1 atom stereocenters. The predicted octanol–water partition coefficient (Wildman–Crippen LogP) is 6.49. The minimum Gasteiger partial charge on any atom is -0.0835 e. The maximum atomic E-state index is 3.79. The van der Waals surface area contributed by atoms with Crippen LogP contribution in [0.1, 0.15) is 16.0 Å². The third kappa shape index (κ3) is 4.05. The van der Waals surface area contributed by atoms with Gasteiger partial charge in [0.15, 0.2) is 0 Å². The zero-order chi connectivity index (χ0) is 13.1. The SMILES string of the molecule is Brc1cccc(CC(Br)c2cc(Br)ccc2I)c1. The number of benzene rings is 2. The molecule has 0 nitrogen and oxygen atoms in total. The minimum atomic E-state index is 0.330. The van der Waals surface area contributed by atoms with Gasteiger partial charge in [-0.1, -0.05) is 59.9 Å². The maximum absolute atomic E-state index is 3.79. The summed E-state index contributed by atoms with van der Waals surface area (Å²) in [7, 11) is 0. The van der Waals surface area contributed by atoms with Crippen LogP contribution in [0.4, 0.5) is 0 Å². The van der Waals surface area contributed by atoms with Crippen LogP contribution in [0.25, 0.3) is 0 Å². The molecule has 4 heteroatoms. The van der Waals surface area contributed by atoms with Crippen molar-refractivity contribution in [3.8, 4) is 0 Å². The van der Waals surface area contributed by atoms with E-state index in [4.69, 9.17) is 0 Å². The van der Waals surface area contributed by atoms with Crippen LogP contribution < -0.4 is 0 Å². The zero-order valence-corrected chi connectivity index (χ0v) is 16.3. The van der Waals surface area contributed by atoms with Crippen LogP contribution in [0.2, 0.25) is 0 Å². The second kappa shape index (κ2) is 6.86. The summed E-state index contributed by atoms with van der Waals surface area (Å²) in [6, 6.07) is 14.8. The van der Waals surface area contributed by atoms with E-state index in [1.54, 1.807) is 0 Å². The fourth-order valence-electron chi connectivity index (χ4n) is 1.74. The summed E-state index contributed by atoms with van der Waals surface area (Å²) in [5.41, 5.74) is 2.65. The highest BCUT2D eigenvalue weighted by molar-refractivity contribution is 14.1. The second-order valence-electron chi connectivity index (χ2n) is 3.97. The smallest absolute Gasteiger partial charge is 0.0446 e. The number of alkyl halides is 1. The van der Waals surface area contributed by atoms with Gasteiger partial charge in [0.2, 0.25) is 0 Å². The van der Waals surface area contributed by atoms with E-state index >= 15 is 0 Å². The van der Waals surface area contributed by atoms with Crippen LogP contribution in [0.15, 0.2) is 51.4 Å². The summed E-state index contributed by atoms with van der Waals surface area (Å²) in [4.78, 5) is 0.330. The van der Waals surface area contributed by atoms with E-state index in [-0.39, 0.29) is 0 Å². The molecule has 18 heavy (non-hydrogen) atoms. The van der Waals surface area contributed by atoms with Crippen LogP contribution in [-0.2, 0) is 6.42 Å². The first-order chi connectivity index (χ1) is 8.56. The van der Waals surface area contributed by atoms with Crippen molar-refractivity contribution in [3.05, 3.63) is 66.1 Å². The molecule has 0 aliphatic heterocycles. The number of hydrogen-bond donors (Lipinski definition) is 0. The molecule has 0 saturated carbocycles. The molecule has 0 aliphatic carbocycles. The third-order valence-corrected chi connectivity index (χ3v) is 5.39. The Balaban J connectivity index is 2.21. The average Bonchev–Trinajstić information content (AvgIpc) is 2.32. The van der Waals surface area contributed by atoms with Crippen molar-refractivity contribution in [2.75, 3.05) is 0 Å². The van der Waals surface area contributed by atoms with Crippen LogP contribution >= 0.6 is 70.4 Å². The summed E-state index contributed by atoms with van der Waals surface area (Å²) in [5, 5.41) is 0. The van der Waals surface area contributed by atoms with Gasteiger partial charge in [0, 0.05) is 17.3 Å². The second-order valence-corrected chi connectivity index (χ2v) is 8.07. The van der Waals surface area contributed by atoms with Gasteiger partial charge in [0.05, 0.1) is 0 Å². The van der Waals surface area contributed by atoms with Gasteiger partial charge in [0.25, 0.3) is 0 Å². The van der Waals surface area contributed by atoms with E-state index in [9.17, 15) is 0 Å². The lowest BCUT2D eigenvalue weighted by atomic mass is 10.0. The van der Waals surface area contributed by atoms with E-state index in [2.05, 4.69) is 113 Å². The van der Waals surface area contributed by atoms with E-state index in [0.29, 0.717) is 4.83 Å². The highest BCUT2D eigenvalue weighted by Crippen LogP contribution is 2.32. The molecule has 0 spiro atoms. The number of rotatable bonds is 3. The average molecular weight is 545 g/mol.